The van der Waals surface area contributed by atoms with E-state index in [2.05, 4.69) is 11.9 Å². The number of ketones is 1. The van der Waals surface area contributed by atoms with Crippen molar-refractivity contribution >= 4 is 11.5 Å². The summed E-state index contributed by atoms with van der Waals surface area (Å²) in [4.78, 5) is 16.8. The monoisotopic (exact) mass is 207 g/mol. The van der Waals surface area contributed by atoms with Gasteiger partial charge in [-0.3, -0.25) is 9.79 Å². The fourth-order valence-electron chi connectivity index (χ4n) is 2.07. The lowest BCUT2D eigenvalue weighted by atomic mass is 9.78. The summed E-state index contributed by atoms with van der Waals surface area (Å²) in [5.74, 6) is 0.441. The van der Waals surface area contributed by atoms with Crippen molar-refractivity contribution in [1.82, 2.24) is 0 Å². The molecule has 1 aliphatic heterocycles. The standard InChI is InChI=1S/C13H21NO/c1-7-13(6)11(9(4)5)14-10(8(2)3)12(13)15/h8H,7H2,1-6H3. The Balaban J connectivity index is 3.30. The lowest BCUT2D eigenvalue weighted by molar-refractivity contribution is -0.119. The van der Waals surface area contributed by atoms with E-state index in [1.807, 2.05) is 34.6 Å². The summed E-state index contributed by atoms with van der Waals surface area (Å²) in [7, 11) is 0. The molecule has 1 aliphatic rings. The van der Waals surface area contributed by atoms with Gasteiger partial charge in [-0.1, -0.05) is 26.3 Å². The fraction of sp³-hybridized carbons (Fsp3) is 0.692. The van der Waals surface area contributed by atoms with Crippen molar-refractivity contribution in [3.63, 3.8) is 0 Å². The molecule has 0 aromatic rings. The molecule has 84 valence electrons. The molecule has 1 rings (SSSR count). The Morgan fingerprint density at radius 3 is 2.20 bits per heavy atom. The SMILES string of the molecule is CCC1(C)C(=O)C(C(C)C)=NC1=C(C)C. The van der Waals surface area contributed by atoms with E-state index in [0.717, 1.165) is 23.4 Å². The van der Waals surface area contributed by atoms with Crippen LogP contribution in [-0.4, -0.2) is 11.5 Å². The van der Waals surface area contributed by atoms with Crippen LogP contribution in [0.5, 0.6) is 0 Å². The summed E-state index contributed by atoms with van der Waals surface area (Å²) < 4.78 is 0. The van der Waals surface area contributed by atoms with Crippen molar-refractivity contribution in [2.45, 2.75) is 48.0 Å². The molecule has 0 aromatic heterocycles. The molecule has 2 heteroatoms. The minimum atomic E-state index is -0.377. The maximum absolute atomic E-state index is 12.2. The molecule has 1 heterocycles. The third-order valence-electron chi connectivity index (χ3n) is 3.22. The van der Waals surface area contributed by atoms with Gasteiger partial charge in [0.15, 0.2) is 5.78 Å². The second kappa shape index (κ2) is 3.92. The van der Waals surface area contributed by atoms with Crippen molar-refractivity contribution < 1.29 is 4.79 Å². The molecule has 1 atom stereocenters. The summed E-state index contributed by atoms with van der Waals surface area (Å²) in [6.45, 7) is 12.2. The van der Waals surface area contributed by atoms with Gasteiger partial charge in [0.25, 0.3) is 0 Å². The minimum Gasteiger partial charge on any atom is -0.292 e. The van der Waals surface area contributed by atoms with Crippen LogP contribution in [0.15, 0.2) is 16.3 Å². The van der Waals surface area contributed by atoms with Gasteiger partial charge in [-0.05, 0) is 33.1 Å². The van der Waals surface area contributed by atoms with Crippen molar-refractivity contribution in [1.29, 1.82) is 0 Å². The van der Waals surface area contributed by atoms with Crippen LogP contribution in [-0.2, 0) is 4.79 Å². The van der Waals surface area contributed by atoms with Crippen LogP contribution >= 0.6 is 0 Å². The van der Waals surface area contributed by atoms with Crippen LogP contribution in [0, 0.1) is 11.3 Å². The van der Waals surface area contributed by atoms with E-state index in [1.54, 1.807) is 0 Å². The summed E-state index contributed by atoms with van der Waals surface area (Å²) in [6.07, 6.45) is 0.825. The summed E-state index contributed by atoms with van der Waals surface area (Å²) in [6, 6.07) is 0. The predicted octanol–water partition coefficient (Wildman–Crippen LogP) is 3.38. The molecule has 0 bridgehead atoms. The molecule has 0 amide bonds. The van der Waals surface area contributed by atoms with Crippen LogP contribution in [0.3, 0.4) is 0 Å². The largest absolute Gasteiger partial charge is 0.292 e. The van der Waals surface area contributed by atoms with Crippen LogP contribution in [0.4, 0.5) is 0 Å². The van der Waals surface area contributed by atoms with Gasteiger partial charge in [-0.15, -0.1) is 0 Å². The molecule has 0 N–H and O–H groups in total. The van der Waals surface area contributed by atoms with E-state index in [9.17, 15) is 4.79 Å². The van der Waals surface area contributed by atoms with Crippen LogP contribution in [0.1, 0.15) is 48.0 Å². The molecule has 15 heavy (non-hydrogen) atoms. The molecule has 0 aliphatic carbocycles. The summed E-state index contributed by atoms with van der Waals surface area (Å²) in [5.41, 5.74) is 2.51. The van der Waals surface area contributed by atoms with Gasteiger partial charge in [0.2, 0.25) is 0 Å². The number of carbonyl (C=O) groups is 1. The predicted molar refractivity (Wildman–Crippen MR) is 64.1 cm³/mol. The van der Waals surface area contributed by atoms with Gasteiger partial charge in [0.05, 0.1) is 16.8 Å². The lowest BCUT2D eigenvalue weighted by Gasteiger charge is -2.22. The third-order valence-corrected chi connectivity index (χ3v) is 3.22. The van der Waals surface area contributed by atoms with Crippen LogP contribution < -0.4 is 0 Å². The molecule has 0 radical (unpaired) electrons. The molecular weight excluding hydrogens is 186 g/mol. The number of allylic oxidation sites excluding steroid dienone is 2. The zero-order chi connectivity index (χ0) is 11.8. The van der Waals surface area contributed by atoms with Crippen molar-refractivity contribution in [2.75, 3.05) is 0 Å². The van der Waals surface area contributed by atoms with E-state index in [-0.39, 0.29) is 17.1 Å². The third kappa shape index (κ3) is 1.77. The molecule has 0 saturated carbocycles. The first-order chi connectivity index (χ1) is 6.84. The maximum atomic E-state index is 12.2. The highest BCUT2D eigenvalue weighted by Gasteiger charge is 2.44. The first kappa shape index (κ1) is 12.2. The van der Waals surface area contributed by atoms with E-state index < -0.39 is 0 Å². The van der Waals surface area contributed by atoms with Gasteiger partial charge >= 0.3 is 0 Å². The summed E-state index contributed by atoms with van der Waals surface area (Å²) >= 11 is 0. The average molecular weight is 207 g/mol. The smallest absolute Gasteiger partial charge is 0.189 e. The first-order valence-electron chi connectivity index (χ1n) is 5.66. The van der Waals surface area contributed by atoms with Gasteiger partial charge in [-0.2, -0.15) is 0 Å². The Hall–Kier alpha value is -0.920. The number of hydrogen-bond donors (Lipinski definition) is 0. The Kier molecular flexibility index (Phi) is 3.17. The van der Waals surface area contributed by atoms with E-state index in [1.165, 1.54) is 0 Å². The maximum Gasteiger partial charge on any atom is 0.189 e. The van der Waals surface area contributed by atoms with E-state index in [0.29, 0.717) is 0 Å². The topological polar surface area (TPSA) is 29.4 Å². The highest BCUT2D eigenvalue weighted by molar-refractivity contribution is 6.45. The second-order valence-electron chi connectivity index (χ2n) is 5.02. The van der Waals surface area contributed by atoms with Crippen molar-refractivity contribution in [3.05, 3.63) is 11.3 Å². The van der Waals surface area contributed by atoms with Crippen LogP contribution in [0.2, 0.25) is 0 Å². The molecule has 0 saturated heterocycles. The highest BCUT2D eigenvalue weighted by Crippen LogP contribution is 2.41. The number of Topliss-reactive ketones (excluding diaryl/α,β-unsaturated/α-hetero) is 1. The molecule has 2 nitrogen and oxygen atoms in total. The van der Waals surface area contributed by atoms with Gasteiger partial charge in [0, 0.05) is 0 Å². The fourth-order valence-corrected chi connectivity index (χ4v) is 2.07. The molecule has 1 unspecified atom stereocenters. The normalized spacial score (nSPS) is 26.2. The number of hydrogen-bond acceptors (Lipinski definition) is 2. The molecule has 0 aromatic carbocycles. The number of rotatable bonds is 2. The second-order valence-corrected chi connectivity index (χ2v) is 5.02. The number of aliphatic imine (C=N–C) groups is 1. The lowest BCUT2D eigenvalue weighted by Crippen LogP contribution is -2.30. The molecular formula is C13H21NO. The zero-order valence-corrected chi connectivity index (χ0v) is 10.6. The quantitative estimate of drug-likeness (QED) is 0.682. The van der Waals surface area contributed by atoms with E-state index >= 15 is 0 Å². The number of carbonyl (C=O) groups excluding carboxylic acids is 1. The minimum absolute atomic E-state index is 0.219. The van der Waals surface area contributed by atoms with Crippen LogP contribution in [0.25, 0.3) is 0 Å². The van der Waals surface area contributed by atoms with Crippen molar-refractivity contribution in [3.8, 4) is 0 Å². The molecule has 0 spiro atoms. The van der Waals surface area contributed by atoms with Gasteiger partial charge in [0.1, 0.15) is 0 Å². The van der Waals surface area contributed by atoms with Gasteiger partial charge in [-0.25, -0.2) is 0 Å². The molecule has 0 fully saturated rings. The summed E-state index contributed by atoms with van der Waals surface area (Å²) in [5, 5.41) is 0. The van der Waals surface area contributed by atoms with Gasteiger partial charge < -0.3 is 0 Å². The zero-order valence-electron chi connectivity index (χ0n) is 10.6. The Labute approximate surface area is 92.5 Å². The Morgan fingerprint density at radius 1 is 1.40 bits per heavy atom. The highest BCUT2D eigenvalue weighted by atomic mass is 16.1. The Morgan fingerprint density at radius 2 is 1.93 bits per heavy atom. The average Bonchev–Trinajstić information content (AvgIpc) is 2.41. The number of nitrogens with zero attached hydrogens (tertiary/aromatic N) is 1. The van der Waals surface area contributed by atoms with Crippen molar-refractivity contribution in [2.24, 2.45) is 16.3 Å². The van der Waals surface area contributed by atoms with E-state index in [4.69, 9.17) is 0 Å². The first-order valence-corrected chi connectivity index (χ1v) is 5.66. The Bertz CT molecular complexity index is 346.